The van der Waals surface area contributed by atoms with E-state index in [9.17, 15) is 9.59 Å². The number of likely N-dealkylation sites (N-methyl/N-ethyl adjacent to an activating group) is 1. The highest BCUT2D eigenvalue weighted by atomic mass is 16.6. The van der Waals surface area contributed by atoms with Crippen molar-refractivity contribution in [3.05, 3.63) is 35.6 Å². The number of methoxy groups -OCH3 is 1. The topological polar surface area (TPSA) is 92.8 Å². The van der Waals surface area contributed by atoms with Crippen LogP contribution < -0.4 is 0 Å². The molecule has 0 spiro atoms. The van der Waals surface area contributed by atoms with Gasteiger partial charge in [0.15, 0.2) is 6.10 Å². The second kappa shape index (κ2) is 8.31. The van der Waals surface area contributed by atoms with Gasteiger partial charge >= 0.3 is 5.97 Å². The molecule has 0 unspecified atom stereocenters. The molecule has 2 rings (SSSR count). The lowest BCUT2D eigenvalue weighted by molar-refractivity contribution is -0.138. The molecule has 1 amide bonds. The van der Waals surface area contributed by atoms with Gasteiger partial charge in [0.25, 0.3) is 5.91 Å². The zero-order valence-electron chi connectivity index (χ0n) is 14.4. The molecule has 1 atom stereocenters. The van der Waals surface area contributed by atoms with E-state index in [0.717, 1.165) is 5.39 Å². The predicted octanol–water partition coefficient (Wildman–Crippen LogP) is 2.50. The first-order chi connectivity index (χ1) is 12.0. The number of carbonyl (C=O) groups excluding carboxylic acids is 2. The molecule has 0 bridgehead atoms. The molecule has 0 N–H and O–H groups in total. The van der Waals surface area contributed by atoms with Crippen LogP contribution in [0.3, 0.4) is 0 Å². The van der Waals surface area contributed by atoms with Crippen LogP contribution in [-0.2, 0) is 20.9 Å². The van der Waals surface area contributed by atoms with Gasteiger partial charge in [-0.05, 0) is 13.0 Å². The summed E-state index contributed by atoms with van der Waals surface area (Å²) >= 11 is 0. The number of hydrogen-bond acceptors (Lipinski definition) is 6. The van der Waals surface area contributed by atoms with Crippen molar-refractivity contribution in [2.45, 2.75) is 26.1 Å². The molecule has 7 heteroatoms. The SMILES string of the molecule is COCc1c(C(=O)O[C@@H](C)C(=O)N(C)CCC#N)oc2ccccc12. The van der Waals surface area contributed by atoms with Gasteiger partial charge in [-0.3, -0.25) is 4.79 Å². The minimum Gasteiger partial charge on any atom is -0.449 e. The van der Waals surface area contributed by atoms with Gasteiger partial charge in [-0.2, -0.15) is 5.26 Å². The molecule has 0 fully saturated rings. The van der Waals surface area contributed by atoms with Crippen molar-refractivity contribution >= 4 is 22.8 Å². The highest BCUT2D eigenvalue weighted by Crippen LogP contribution is 2.27. The van der Waals surface area contributed by atoms with Crippen molar-refractivity contribution in [1.29, 1.82) is 5.26 Å². The Balaban J connectivity index is 2.18. The molecule has 0 aliphatic rings. The highest BCUT2D eigenvalue weighted by molar-refractivity contribution is 5.97. The number of nitrogens with zero attached hydrogens (tertiary/aromatic N) is 2. The number of nitriles is 1. The normalized spacial score (nSPS) is 11.8. The van der Waals surface area contributed by atoms with Crippen LogP contribution in [0.25, 0.3) is 11.0 Å². The summed E-state index contributed by atoms with van der Waals surface area (Å²) in [5.74, 6) is -1.08. The van der Waals surface area contributed by atoms with Crippen LogP contribution in [-0.4, -0.2) is 43.6 Å². The number of amides is 1. The second-order valence-electron chi connectivity index (χ2n) is 5.55. The monoisotopic (exact) mass is 344 g/mol. The largest absolute Gasteiger partial charge is 0.449 e. The summed E-state index contributed by atoms with van der Waals surface area (Å²) in [6.45, 7) is 1.95. The summed E-state index contributed by atoms with van der Waals surface area (Å²) in [4.78, 5) is 26.0. The zero-order valence-corrected chi connectivity index (χ0v) is 14.4. The Kier molecular flexibility index (Phi) is 6.14. The molecule has 132 valence electrons. The fraction of sp³-hybridized carbons (Fsp3) is 0.389. The first kappa shape index (κ1) is 18.5. The Morgan fingerprint density at radius 2 is 2.08 bits per heavy atom. The van der Waals surface area contributed by atoms with Crippen molar-refractivity contribution in [1.82, 2.24) is 4.90 Å². The molecular formula is C18H20N2O5. The lowest BCUT2D eigenvalue weighted by Crippen LogP contribution is -2.38. The van der Waals surface area contributed by atoms with Crippen molar-refractivity contribution in [3.63, 3.8) is 0 Å². The van der Waals surface area contributed by atoms with Gasteiger partial charge in [0.05, 0.1) is 19.1 Å². The Hall–Kier alpha value is -2.85. The van der Waals surface area contributed by atoms with Gasteiger partial charge in [-0.15, -0.1) is 0 Å². The summed E-state index contributed by atoms with van der Waals surface area (Å²) in [5.41, 5.74) is 1.13. The quantitative estimate of drug-likeness (QED) is 0.717. The fourth-order valence-corrected chi connectivity index (χ4v) is 2.45. The van der Waals surface area contributed by atoms with Crippen LogP contribution in [0, 0.1) is 11.3 Å². The summed E-state index contributed by atoms with van der Waals surface area (Å²) in [7, 11) is 3.08. The maximum atomic E-state index is 12.5. The van der Waals surface area contributed by atoms with E-state index < -0.39 is 12.1 Å². The summed E-state index contributed by atoms with van der Waals surface area (Å²) in [6.07, 6.45) is -0.774. The van der Waals surface area contributed by atoms with Gasteiger partial charge in [-0.1, -0.05) is 18.2 Å². The standard InChI is InChI=1S/C18H20N2O5/c1-12(17(21)20(2)10-6-9-19)24-18(22)16-14(11-23-3)13-7-4-5-8-15(13)25-16/h4-5,7-8,12H,6,10-11H2,1-3H3/t12-/m0/s1. The third-order valence-corrected chi connectivity index (χ3v) is 3.74. The van der Waals surface area contributed by atoms with E-state index in [1.54, 1.807) is 19.2 Å². The van der Waals surface area contributed by atoms with Crippen LogP contribution in [0.1, 0.15) is 29.5 Å². The first-order valence-corrected chi connectivity index (χ1v) is 7.81. The summed E-state index contributed by atoms with van der Waals surface area (Å²) in [5, 5.41) is 9.35. The molecule has 1 heterocycles. The van der Waals surface area contributed by atoms with E-state index in [4.69, 9.17) is 19.2 Å². The average Bonchev–Trinajstić information content (AvgIpc) is 2.98. The second-order valence-corrected chi connectivity index (χ2v) is 5.55. The van der Waals surface area contributed by atoms with Crippen LogP contribution in [0.2, 0.25) is 0 Å². The minimum atomic E-state index is -0.986. The van der Waals surface area contributed by atoms with Crippen LogP contribution in [0.5, 0.6) is 0 Å². The van der Waals surface area contributed by atoms with E-state index in [1.807, 2.05) is 18.2 Å². The third-order valence-electron chi connectivity index (χ3n) is 3.74. The molecule has 0 saturated heterocycles. The van der Waals surface area contributed by atoms with Gasteiger partial charge < -0.3 is 18.8 Å². The Morgan fingerprint density at radius 1 is 1.36 bits per heavy atom. The van der Waals surface area contributed by atoms with Crippen molar-refractivity contribution in [2.24, 2.45) is 0 Å². The van der Waals surface area contributed by atoms with E-state index in [-0.39, 0.29) is 31.2 Å². The molecule has 0 radical (unpaired) electrons. The Bertz CT molecular complexity index is 805. The summed E-state index contributed by atoms with van der Waals surface area (Å²) < 4.78 is 16.0. The zero-order chi connectivity index (χ0) is 18.4. The van der Waals surface area contributed by atoms with Crippen molar-refractivity contribution in [2.75, 3.05) is 20.7 Å². The number of para-hydroxylation sites is 1. The molecule has 0 aliphatic heterocycles. The molecule has 0 aliphatic carbocycles. The van der Waals surface area contributed by atoms with Gasteiger partial charge in [0, 0.05) is 31.7 Å². The Labute approximate surface area is 145 Å². The number of rotatable bonds is 7. The number of carbonyl (C=O) groups is 2. The van der Waals surface area contributed by atoms with E-state index in [0.29, 0.717) is 11.1 Å². The molecule has 1 aromatic heterocycles. The van der Waals surface area contributed by atoms with Crippen LogP contribution in [0.15, 0.2) is 28.7 Å². The maximum Gasteiger partial charge on any atom is 0.375 e. The predicted molar refractivity (Wildman–Crippen MR) is 89.7 cm³/mol. The molecule has 7 nitrogen and oxygen atoms in total. The van der Waals surface area contributed by atoms with E-state index in [2.05, 4.69) is 0 Å². The average molecular weight is 344 g/mol. The molecular weight excluding hydrogens is 324 g/mol. The van der Waals surface area contributed by atoms with Crippen LogP contribution in [0.4, 0.5) is 0 Å². The smallest absolute Gasteiger partial charge is 0.375 e. The number of ether oxygens (including phenoxy) is 2. The van der Waals surface area contributed by atoms with E-state index >= 15 is 0 Å². The fourth-order valence-electron chi connectivity index (χ4n) is 2.45. The van der Waals surface area contributed by atoms with Gasteiger partial charge in [0.2, 0.25) is 5.76 Å². The number of fused-ring (bicyclic) bond motifs is 1. The lowest BCUT2D eigenvalue weighted by atomic mass is 10.1. The number of hydrogen-bond donors (Lipinski definition) is 0. The Morgan fingerprint density at radius 3 is 2.76 bits per heavy atom. The highest BCUT2D eigenvalue weighted by Gasteiger charge is 2.27. The minimum absolute atomic E-state index is 0.0300. The van der Waals surface area contributed by atoms with Crippen LogP contribution >= 0.6 is 0 Å². The maximum absolute atomic E-state index is 12.5. The number of esters is 1. The lowest BCUT2D eigenvalue weighted by Gasteiger charge is -2.20. The molecule has 25 heavy (non-hydrogen) atoms. The number of furan rings is 1. The van der Waals surface area contributed by atoms with Gasteiger partial charge in [-0.25, -0.2) is 4.79 Å². The van der Waals surface area contributed by atoms with Crippen molar-refractivity contribution in [3.8, 4) is 6.07 Å². The molecule has 2 aromatic rings. The van der Waals surface area contributed by atoms with Crippen molar-refractivity contribution < 1.29 is 23.5 Å². The molecule has 1 aromatic carbocycles. The summed E-state index contributed by atoms with van der Waals surface area (Å²) in [6, 6.07) is 9.17. The third kappa shape index (κ3) is 4.17. The first-order valence-electron chi connectivity index (χ1n) is 7.81. The molecule has 0 saturated carbocycles. The van der Waals surface area contributed by atoms with Gasteiger partial charge in [0.1, 0.15) is 5.58 Å². The number of benzene rings is 1. The van der Waals surface area contributed by atoms with E-state index in [1.165, 1.54) is 18.9 Å².